The first-order valence-electron chi connectivity index (χ1n) is 8.91. The molecule has 1 amide bonds. The fourth-order valence-electron chi connectivity index (χ4n) is 3.55. The summed E-state index contributed by atoms with van der Waals surface area (Å²) >= 11 is 0. The van der Waals surface area contributed by atoms with E-state index < -0.39 is 0 Å². The molecule has 1 aliphatic heterocycles. The number of amides is 1. The molecule has 0 aliphatic carbocycles. The lowest BCUT2D eigenvalue weighted by molar-refractivity contribution is -0.133. The number of carbonyl (C=O) groups is 1. The van der Waals surface area contributed by atoms with Crippen molar-refractivity contribution in [2.45, 2.75) is 38.6 Å². The van der Waals surface area contributed by atoms with Crippen LogP contribution in [0.1, 0.15) is 37.8 Å². The van der Waals surface area contributed by atoms with E-state index in [0.717, 1.165) is 43.7 Å². The summed E-state index contributed by atoms with van der Waals surface area (Å²) in [5.41, 5.74) is 1.16. The fourth-order valence-corrected chi connectivity index (χ4v) is 3.55. The zero-order valence-electron chi connectivity index (χ0n) is 15.0. The third-order valence-corrected chi connectivity index (χ3v) is 4.84. The van der Waals surface area contributed by atoms with Crippen molar-refractivity contribution in [1.82, 2.24) is 19.7 Å². The Kier molecular flexibility index (Phi) is 5.68. The van der Waals surface area contributed by atoms with Crippen LogP contribution in [0, 0.1) is 5.92 Å². The predicted molar refractivity (Wildman–Crippen MR) is 95.4 cm³/mol. The number of aromatic nitrogens is 3. The van der Waals surface area contributed by atoms with Crippen LogP contribution in [0.5, 0.6) is 5.75 Å². The van der Waals surface area contributed by atoms with Crippen LogP contribution in [-0.4, -0.2) is 45.8 Å². The van der Waals surface area contributed by atoms with Gasteiger partial charge in [0.05, 0.1) is 13.2 Å². The van der Waals surface area contributed by atoms with Gasteiger partial charge in [0.15, 0.2) is 0 Å². The first kappa shape index (κ1) is 17.5. The minimum Gasteiger partial charge on any atom is -0.496 e. The van der Waals surface area contributed by atoms with Crippen LogP contribution in [0.25, 0.3) is 0 Å². The molecule has 2 atom stereocenters. The Morgan fingerprint density at radius 2 is 2.24 bits per heavy atom. The van der Waals surface area contributed by atoms with Gasteiger partial charge in [0.25, 0.3) is 0 Å². The lowest BCUT2D eigenvalue weighted by Crippen LogP contribution is -2.41. The van der Waals surface area contributed by atoms with E-state index in [2.05, 4.69) is 23.1 Å². The lowest BCUT2D eigenvalue weighted by Gasteiger charge is -2.33. The first-order valence-corrected chi connectivity index (χ1v) is 8.91. The van der Waals surface area contributed by atoms with Gasteiger partial charge in [-0.15, -0.1) is 0 Å². The summed E-state index contributed by atoms with van der Waals surface area (Å²) in [6.07, 6.45) is 6.75. The van der Waals surface area contributed by atoms with E-state index in [9.17, 15) is 4.79 Å². The van der Waals surface area contributed by atoms with E-state index in [1.807, 2.05) is 27.8 Å². The zero-order valence-corrected chi connectivity index (χ0v) is 15.0. The number of likely N-dealkylation sites (tertiary alicyclic amines) is 1. The van der Waals surface area contributed by atoms with Crippen molar-refractivity contribution in [3.8, 4) is 5.75 Å². The Labute approximate surface area is 148 Å². The summed E-state index contributed by atoms with van der Waals surface area (Å²) in [6, 6.07) is 8.26. The van der Waals surface area contributed by atoms with Crippen molar-refractivity contribution in [3.63, 3.8) is 0 Å². The maximum absolute atomic E-state index is 12.7. The van der Waals surface area contributed by atoms with Crippen LogP contribution < -0.4 is 4.74 Å². The summed E-state index contributed by atoms with van der Waals surface area (Å²) in [6.45, 7) is 3.69. The first-order chi connectivity index (χ1) is 12.2. The average Bonchev–Trinajstić information content (AvgIpc) is 3.17. The van der Waals surface area contributed by atoms with E-state index >= 15 is 0 Å². The number of ether oxygens (including phenoxy) is 1. The maximum Gasteiger partial charge on any atom is 0.222 e. The van der Waals surface area contributed by atoms with E-state index in [-0.39, 0.29) is 17.9 Å². The van der Waals surface area contributed by atoms with Crippen molar-refractivity contribution < 1.29 is 9.53 Å². The van der Waals surface area contributed by atoms with Gasteiger partial charge < -0.3 is 9.64 Å². The molecule has 3 rings (SSSR count). The Morgan fingerprint density at radius 1 is 1.40 bits per heavy atom. The van der Waals surface area contributed by atoms with Crippen LogP contribution in [0.2, 0.25) is 0 Å². The molecule has 0 radical (unpaired) electrons. The molecule has 134 valence electrons. The highest BCUT2D eigenvalue weighted by Crippen LogP contribution is 2.24. The van der Waals surface area contributed by atoms with Crippen LogP contribution in [0.3, 0.4) is 0 Å². The summed E-state index contributed by atoms with van der Waals surface area (Å²) in [5, 5.41) is 4.22. The van der Waals surface area contributed by atoms with Crippen LogP contribution >= 0.6 is 0 Å². The highest BCUT2D eigenvalue weighted by atomic mass is 16.5. The molecule has 6 nitrogen and oxygen atoms in total. The number of piperidine rings is 1. The van der Waals surface area contributed by atoms with E-state index in [1.165, 1.54) is 0 Å². The zero-order chi connectivity index (χ0) is 17.6. The SMILES string of the molecule is COc1ccccc1C[C@H](C)CC(=O)N1CCC[C@@H](n2cncn2)C1. The summed E-state index contributed by atoms with van der Waals surface area (Å²) < 4.78 is 7.28. The van der Waals surface area contributed by atoms with E-state index in [4.69, 9.17) is 4.74 Å². The monoisotopic (exact) mass is 342 g/mol. The van der Waals surface area contributed by atoms with E-state index in [1.54, 1.807) is 19.8 Å². The second-order valence-electron chi connectivity index (χ2n) is 6.84. The second-order valence-corrected chi connectivity index (χ2v) is 6.84. The normalized spacial score (nSPS) is 18.8. The van der Waals surface area contributed by atoms with E-state index in [0.29, 0.717) is 6.42 Å². The second kappa shape index (κ2) is 8.14. The molecule has 0 spiro atoms. The molecule has 2 aromatic rings. The van der Waals surface area contributed by atoms with Gasteiger partial charge in [-0.2, -0.15) is 5.10 Å². The predicted octanol–water partition coefficient (Wildman–Crippen LogP) is 2.72. The van der Waals surface area contributed by atoms with Gasteiger partial charge in [0, 0.05) is 19.5 Å². The standard InChI is InChI=1S/C19H26N4O2/c1-15(10-16-6-3-4-8-18(16)25-2)11-19(24)22-9-5-7-17(12-22)23-14-20-13-21-23/h3-4,6,8,13-15,17H,5,7,9-12H2,1-2H3/t15-,17+/m0/s1. The third-order valence-electron chi connectivity index (χ3n) is 4.84. The van der Waals surface area contributed by atoms with Gasteiger partial charge in [-0.05, 0) is 36.8 Å². The number of rotatable bonds is 6. The lowest BCUT2D eigenvalue weighted by atomic mass is 9.96. The molecule has 0 N–H and O–H groups in total. The minimum atomic E-state index is 0.229. The highest BCUT2D eigenvalue weighted by molar-refractivity contribution is 5.76. The number of hydrogen-bond acceptors (Lipinski definition) is 4. The fraction of sp³-hybridized carbons (Fsp3) is 0.526. The average molecular weight is 342 g/mol. The topological polar surface area (TPSA) is 60.2 Å². The molecule has 0 saturated carbocycles. The Morgan fingerprint density at radius 3 is 3.00 bits per heavy atom. The van der Waals surface area contributed by atoms with Crippen molar-refractivity contribution in [2.75, 3.05) is 20.2 Å². The molecule has 1 aromatic carbocycles. The van der Waals surface area contributed by atoms with Crippen LogP contribution in [-0.2, 0) is 11.2 Å². The molecule has 2 heterocycles. The molecular weight excluding hydrogens is 316 g/mol. The molecule has 0 unspecified atom stereocenters. The highest BCUT2D eigenvalue weighted by Gasteiger charge is 2.26. The largest absolute Gasteiger partial charge is 0.496 e. The van der Waals surface area contributed by atoms with Crippen molar-refractivity contribution >= 4 is 5.91 Å². The Hall–Kier alpha value is -2.37. The van der Waals surface area contributed by atoms with Gasteiger partial charge in [-0.3, -0.25) is 4.79 Å². The smallest absolute Gasteiger partial charge is 0.222 e. The maximum atomic E-state index is 12.7. The van der Waals surface area contributed by atoms with Crippen molar-refractivity contribution in [2.24, 2.45) is 5.92 Å². The third kappa shape index (κ3) is 4.38. The molecule has 0 bridgehead atoms. The molecule has 1 saturated heterocycles. The van der Waals surface area contributed by atoms with Gasteiger partial charge >= 0.3 is 0 Å². The number of nitrogens with zero attached hydrogens (tertiary/aromatic N) is 4. The number of methoxy groups -OCH3 is 1. The van der Waals surface area contributed by atoms with Crippen LogP contribution in [0.4, 0.5) is 0 Å². The van der Waals surface area contributed by atoms with Crippen molar-refractivity contribution in [1.29, 1.82) is 0 Å². The molecule has 1 aliphatic rings. The quantitative estimate of drug-likeness (QED) is 0.810. The number of hydrogen-bond donors (Lipinski definition) is 0. The molecule has 1 aromatic heterocycles. The van der Waals surface area contributed by atoms with Gasteiger partial charge in [0.1, 0.15) is 18.4 Å². The molecule has 6 heteroatoms. The van der Waals surface area contributed by atoms with Crippen molar-refractivity contribution in [3.05, 3.63) is 42.5 Å². The Bertz CT molecular complexity index is 686. The Balaban J connectivity index is 1.56. The minimum absolute atomic E-state index is 0.229. The summed E-state index contributed by atoms with van der Waals surface area (Å²) in [5.74, 6) is 1.40. The number of carbonyl (C=O) groups excluding carboxylic acids is 1. The number of para-hydroxylation sites is 1. The molecular formula is C19H26N4O2. The van der Waals surface area contributed by atoms with Crippen LogP contribution in [0.15, 0.2) is 36.9 Å². The van der Waals surface area contributed by atoms with Gasteiger partial charge in [-0.25, -0.2) is 9.67 Å². The summed E-state index contributed by atoms with van der Waals surface area (Å²) in [4.78, 5) is 18.7. The van der Waals surface area contributed by atoms with Gasteiger partial charge in [-0.1, -0.05) is 25.1 Å². The molecule has 25 heavy (non-hydrogen) atoms. The molecule has 1 fully saturated rings. The van der Waals surface area contributed by atoms with Gasteiger partial charge in [0.2, 0.25) is 5.91 Å². The number of benzene rings is 1. The summed E-state index contributed by atoms with van der Waals surface area (Å²) in [7, 11) is 1.69.